The van der Waals surface area contributed by atoms with Gasteiger partial charge in [0.05, 0.1) is 11.4 Å². The van der Waals surface area contributed by atoms with Crippen molar-refractivity contribution < 1.29 is 9.52 Å². The van der Waals surface area contributed by atoms with Crippen molar-refractivity contribution >= 4 is 39.7 Å². The Kier molecular flexibility index (Phi) is 7.32. The predicted octanol–water partition coefficient (Wildman–Crippen LogP) is 6.10. The molecule has 1 aliphatic carbocycles. The third-order valence-electron chi connectivity index (χ3n) is 6.76. The molecule has 0 amide bonds. The molecule has 2 aromatic carbocycles. The van der Waals surface area contributed by atoms with E-state index in [0.717, 1.165) is 58.7 Å². The SMILES string of the molecule is CC1CCC(n2nc(-c3ccc4nc(Nc5ccccc5)oc4c3)c3c(N)ncnc32)CC1.CCCO. The van der Waals surface area contributed by atoms with E-state index in [-0.39, 0.29) is 0 Å². The lowest BCUT2D eigenvalue weighted by atomic mass is 9.87. The number of oxazole rings is 1. The Morgan fingerprint density at radius 3 is 2.57 bits per heavy atom. The number of aliphatic hydroxyl groups is 1. The largest absolute Gasteiger partial charge is 0.423 e. The summed E-state index contributed by atoms with van der Waals surface area (Å²) in [7, 11) is 0. The van der Waals surface area contributed by atoms with Gasteiger partial charge in [0.25, 0.3) is 6.01 Å². The minimum Gasteiger partial charge on any atom is -0.423 e. The van der Waals surface area contributed by atoms with Crippen LogP contribution in [0.25, 0.3) is 33.4 Å². The van der Waals surface area contributed by atoms with Crippen LogP contribution in [0.5, 0.6) is 0 Å². The van der Waals surface area contributed by atoms with Crippen LogP contribution in [-0.4, -0.2) is 36.4 Å². The molecule has 0 bridgehead atoms. The van der Waals surface area contributed by atoms with Crippen LogP contribution < -0.4 is 11.1 Å². The summed E-state index contributed by atoms with van der Waals surface area (Å²) in [5.41, 5.74) is 11.1. The third kappa shape index (κ3) is 5.27. The molecule has 3 heterocycles. The molecule has 4 N–H and O–H groups in total. The molecule has 0 atom stereocenters. The van der Waals surface area contributed by atoms with Crippen molar-refractivity contribution in [3.8, 4) is 11.3 Å². The fourth-order valence-corrected chi connectivity index (χ4v) is 4.71. The molecule has 1 fully saturated rings. The number of anilines is 3. The van der Waals surface area contributed by atoms with Gasteiger partial charge in [-0.25, -0.2) is 14.6 Å². The summed E-state index contributed by atoms with van der Waals surface area (Å²) in [4.78, 5) is 13.4. The van der Waals surface area contributed by atoms with Crippen molar-refractivity contribution in [2.45, 2.75) is 52.0 Å². The van der Waals surface area contributed by atoms with Crippen LogP contribution in [0.1, 0.15) is 52.0 Å². The van der Waals surface area contributed by atoms with Gasteiger partial charge in [0.2, 0.25) is 0 Å². The smallest absolute Gasteiger partial charge is 0.300 e. The number of nitrogen functional groups attached to an aromatic ring is 1. The monoisotopic (exact) mass is 499 g/mol. The lowest BCUT2D eigenvalue weighted by molar-refractivity contribution is 0.278. The minimum atomic E-state index is 0.319. The quantitative estimate of drug-likeness (QED) is 0.265. The van der Waals surface area contributed by atoms with Gasteiger partial charge in [-0.2, -0.15) is 10.1 Å². The fourth-order valence-electron chi connectivity index (χ4n) is 4.71. The molecule has 9 heteroatoms. The molecule has 9 nitrogen and oxygen atoms in total. The molecule has 5 aromatic rings. The van der Waals surface area contributed by atoms with Crippen LogP contribution in [0.2, 0.25) is 0 Å². The highest BCUT2D eigenvalue weighted by Crippen LogP contribution is 2.38. The van der Waals surface area contributed by atoms with E-state index in [9.17, 15) is 0 Å². The molecule has 0 spiro atoms. The van der Waals surface area contributed by atoms with E-state index in [1.807, 2.05) is 55.5 Å². The van der Waals surface area contributed by atoms with Crippen LogP contribution in [0, 0.1) is 5.92 Å². The molecule has 6 rings (SSSR count). The van der Waals surface area contributed by atoms with Gasteiger partial charge in [0.15, 0.2) is 11.2 Å². The first-order chi connectivity index (χ1) is 18.1. The molecule has 1 aliphatic rings. The number of hydrogen-bond donors (Lipinski definition) is 3. The van der Waals surface area contributed by atoms with E-state index in [2.05, 4.69) is 31.9 Å². The first kappa shape index (κ1) is 24.7. The van der Waals surface area contributed by atoms with E-state index in [4.69, 9.17) is 20.4 Å². The van der Waals surface area contributed by atoms with Crippen LogP contribution in [0.4, 0.5) is 17.5 Å². The molecule has 0 unspecified atom stereocenters. The molecule has 0 radical (unpaired) electrons. The minimum absolute atomic E-state index is 0.319. The summed E-state index contributed by atoms with van der Waals surface area (Å²) in [6.07, 6.45) is 6.98. The number of hydrogen-bond acceptors (Lipinski definition) is 8. The first-order valence-electron chi connectivity index (χ1n) is 12.9. The molecular formula is C28H33N7O2. The zero-order chi connectivity index (χ0) is 25.8. The normalized spacial score (nSPS) is 17.5. The van der Waals surface area contributed by atoms with E-state index in [0.29, 0.717) is 30.1 Å². The van der Waals surface area contributed by atoms with Crippen molar-refractivity contribution in [2.24, 2.45) is 5.92 Å². The maximum atomic E-state index is 7.88. The number of aliphatic hydroxyl groups excluding tert-OH is 1. The Balaban J connectivity index is 0.000000655. The Bertz CT molecular complexity index is 1470. The number of para-hydroxylation sites is 1. The van der Waals surface area contributed by atoms with Crippen LogP contribution in [0.3, 0.4) is 0 Å². The molecule has 0 saturated heterocycles. The average molecular weight is 500 g/mol. The van der Waals surface area contributed by atoms with Crippen LogP contribution >= 0.6 is 0 Å². The first-order valence-corrected chi connectivity index (χ1v) is 12.9. The lowest BCUT2D eigenvalue weighted by Gasteiger charge is -2.26. The van der Waals surface area contributed by atoms with E-state index < -0.39 is 0 Å². The van der Waals surface area contributed by atoms with Crippen LogP contribution in [-0.2, 0) is 0 Å². The van der Waals surface area contributed by atoms with Gasteiger partial charge in [-0.3, -0.25) is 0 Å². The number of nitrogens with one attached hydrogen (secondary N) is 1. The highest BCUT2D eigenvalue weighted by atomic mass is 16.4. The van der Waals surface area contributed by atoms with Crippen LogP contribution in [0.15, 0.2) is 59.3 Å². The molecule has 0 aliphatic heterocycles. The molecular weight excluding hydrogens is 466 g/mol. The Hall–Kier alpha value is -3.98. The Morgan fingerprint density at radius 1 is 1.08 bits per heavy atom. The summed E-state index contributed by atoms with van der Waals surface area (Å²) in [5, 5.41) is 16.9. The second-order valence-electron chi connectivity index (χ2n) is 9.58. The maximum absolute atomic E-state index is 7.88. The van der Waals surface area contributed by atoms with Gasteiger partial charge < -0.3 is 20.6 Å². The molecule has 37 heavy (non-hydrogen) atoms. The van der Waals surface area contributed by atoms with Gasteiger partial charge in [-0.15, -0.1) is 0 Å². The molecule has 1 saturated carbocycles. The van der Waals surface area contributed by atoms with Crippen molar-refractivity contribution in [3.05, 3.63) is 54.9 Å². The van der Waals surface area contributed by atoms with Crippen molar-refractivity contribution in [3.63, 3.8) is 0 Å². The topological polar surface area (TPSA) is 128 Å². The third-order valence-corrected chi connectivity index (χ3v) is 6.76. The standard InChI is InChI=1S/C25H25N7O.C3H8O/c1-15-7-10-18(11-8-15)32-24-21(23(26)27-14-28-24)22(31-32)16-9-12-19-20(13-16)33-25(30-19)29-17-5-3-2-4-6-17;1-2-3-4/h2-6,9,12-15,18H,7-8,10-11H2,1H3,(H,29,30)(H2,26,27,28);4H,2-3H2,1H3. The van der Waals surface area contributed by atoms with Gasteiger partial charge in [-0.1, -0.05) is 38.1 Å². The number of rotatable bonds is 5. The number of nitrogens with two attached hydrogens (primary N) is 1. The zero-order valence-electron chi connectivity index (χ0n) is 21.3. The fraction of sp³-hybridized carbons (Fsp3) is 0.357. The second-order valence-corrected chi connectivity index (χ2v) is 9.58. The van der Waals surface area contributed by atoms with E-state index in [1.165, 1.54) is 19.2 Å². The van der Waals surface area contributed by atoms with Gasteiger partial charge in [-0.05, 0) is 62.3 Å². The second kappa shape index (κ2) is 11.0. The van der Waals surface area contributed by atoms with Crippen molar-refractivity contribution in [1.82, 2.24) is 24.7 Å². The Labute approximate surface area is 215 Å². The highest BCUT2D eigenvalue weighted by molar-refractivity contribution is 5.99. The number of benzene rings is 2. The summed E-state index contributed by atoms with van der Waals surface area (Å²) >= 11 is 0. The summed E-state index contributed by atoms with van der Waals surface area (Å²) < 4.78 is 8.05. The highest BCUT2D eigenvalue weighted by Gasteiger charge is 2.25. The molecule has 3 aromatic heterocycles. The summed E-state index contributed by atoms with van der Waals surface area (Å²) in [5.74, 6) is 1.20. The molecule has 192 valence electrons. The van der Waals surface area contributed by atoms with Gasteiger partial charge in [0.1, 0.15) is 23.4 Å². The van der Waals surface area contributed by atoms with Crippen molar-refractivity contribution in [2.75, 3.05) is 17.7 Å². The van der Waals surface area contributed by atoms with E-state index in [1.54, 1.807) is 0 Å². The average Bonchev–Trinajstić information content (AvgIpc) is 3.51. The number of fused-ring (bicyclic) bond motifs is 2. The number of nitrogens with zero attached hydrogens (tertiary/aromatic N) is 5. The summed E-state index contributed by atoms with van der Waals surface area (Å²) in [6, 6.07) is 16.5. The predicted molar refractivity (Wildman–Crippen MR) is 147 cm³/mol. The van der Waals surface area contributed by atoms with Gasteiger partial charge >= 0.3 is 0 Å². The van der Waals surface area contributed by atoms with Crippen molar-refractivity contribution in [1.29, 1.82) is 0 Å². The Morgan fingerprint density at radius 2 is 1.84 bits per heavy atom. The summed E-state index contributed by atoms with van der Waals surface area (Å²) in [6.45, 7) is 4.57. The van der Waals surface area contributed by atoms with Gasteiger partial charge in [0, 0.05) is 17.9 Å². The number of aromatic nitrogens is 5. The lowest BCUT2D eigenvalue weighted by Crippen LogP contribution is -2.18. The van der Waals surface area contributed by atoms with E-state index >= 15 is 0 Å². The zero-order valence-corrected chi connectivity index (χ0v) is 21.3. The maximum Gasteiger partial charge on any atom is 0.300 e.